The molecule has 0 unspecified atom stereocenters. The van der Waals surface area contributed by atoms with Crippen LogP contribution in [0.5, 0.6) is 0 Å². The lowest BCUT2D eigenvalue weighted by Gasteiger charge is -2.24. The van der Waals surface area contributed by atoms with Gasteiger partial charge in [0.2, 0.25) is 5.91 Å². The molecule has 2 atom stereocenters. The smallest absolute Gasteiger partial charge is 0.220 e. The highest BCUT2D eigenvalue weighted by Gasteiger charge is 2.18. The van der Waals surface area contributed by atoms with Crippen LogP contribution in [0.25, 0.3) is 0 Å². The Morgan fingerprint density at radius 1 is 1.58 bits per heavy atom. The first-order chi connectivity index (χ1) is 9.16. The van der Waals surface area contributed by atoms with Crippen LogP contribution in [0.15, 0.2) is 29.0 Å². The molecule has 1 amide bonds. The Morgan fingerprint density at radius 3 is 3.00 bits per heavy atom. The molecule has 3 nitrogen and oxygen atoms in total. The van der Waals surface area contributed by atoms with Gasteiger partial charge in [-0.15, -0.1) is 0 Å². The molecular formula is C15H22N2OS. The average molecular weight is 278 g/mol. The van der Waals surface area contributed by atoms with E-state index in [-0.39, 0.29) is 11.9 Å². The summed E-state index contributed by atoms with van der Waals surface area (Å²) in [4.78, 5) is 14.1. The minimum atomic E-state index is 0.165. The van der Waals surface area contributed by atoms with Gasteiger partial charge in [-0.2, -0.15) is 11.3 Å². The zero-order valence-electron chi connectivity index (χ0n) is 11.6. The molecular weight excluding hydrogens is 256 g/mol. The number of rotatable bonds is 6. The van der Waals surface area contributed by atoms with E-state index in [0.29, 0.717) is 18.9 Å². The second-order valence-electron chi connectivity index (χ2n) is 5.31. The molecule has 0 aromatic carbocycles. The van der Waals surface area contributed by atoms with Crippen LogP contribution in [0.4, 0.5) is 0 Å². The molecule has 0 saturated heterocycles. The van der Waals surface area contributed by atoms with Gasteiger partial charge in [0, 0.05) is 13.0 Å². The summed E-state index contributed by atoms with van der Waals surface area (Å²) in [6.45, 7) is 0.680. The number of thiophene rings is 1. The number of carbonyl (C=O) groups excluding carboxylic acids is 1. The van der Waals surface area contributed by atoms with E-state index >= 15 is 0 Å². The van der Waals surface area contributed by atoms with Gasteiger partial charge in [-0.3, -0.25) is 4.79 Å². The number of amides is 1. The molecule has 0 fully saturated rings. The monoisotopic (exact) mass is 278 g/mol. The minimum absolute atomic E-state index is 0.165. The summed E-state index contributed by atoms with van der Waals surface area (Å²) in [6, 6.07) is 2.38. The van der Waals surface area contributed by atoms with Crippen LogP contribution in [-0.4, -0.2) is 31.4 Å². The number of nitrogens with zero attached hydrogens (tertiary/aromatic N) is 1. The lowest BCUT2D eigenvalue weighted by molar-refractivity contribution is -0.121. The molecule has 1 aromatic heterocycles. The molecule has 1 N–H and O–H groups in total. The van der Waals surface area contributed by atoms with E-state index < -0.39 is 0 Å². The molecule has 0 radical (unpaired) electrons. The van der Waals surface area contributed by atoms with Gasteiger partial charge in [0.05, 0.1) is 6.04 Å². The van der Waals surface area contributed by atoms with Crippen molar-refractivity contribution in [3.63, 3.8) is 0 Å². The Labute approximate surface area is 119 Å². The molecule has 1 heterocycles. The molecule has 0 saturated carbocycles. The van der Waals surface area contributed by atoms with Gasteiger partial charge in [0.1, 0.15) is 0 Å². The van der Waals surface area contributed by atoms with E-state index in [1.165, 1.54) is 5.56 Å². The van der Waals surface area contributed by atoms with Crippen LogP contribution < -0.4 is 5.32 Å². The van der Waals surface area contributed by atoms with E-state index in [2.05, 4.69) is 39.2 Å². The number of carbonyl (C=O) groups is 1. The lowest BCUT2D eigenvalue weighted by atomic mass is 10.0. The third-order valence-corrected chi connectivity index (χ3v) is 4.31. The Bertz CT molecular complexity index is 425. The number of hydrogen-bond donors (Lipinski definition) is 1. The van der Waals surface area contributed by atoms with E-state index in [9.17, 15) is 4.79 Å². The first-order valence-electron chi connectivity index (χ1n) is 6.78. The number of nitrogens with one attached hydrogen (secondary N) is 1. The number of hydrogen-bond acceptors (Lipinski definition) is 3. The average Bonchev–Trinajstić information content (AvgIpc) is 3.01. The zero-order valence-corrected chi connectivity index (χ0v) is 12.5. The Balaban J connectivity index is 1.81. The summed E-state index contributed by atoms with van der Waals surface area (Å²) in [6.07, 6.45) is 7.20. The van der Waals surface area contributed by atoms with Crippen molar-refractivity contribution in [3.05, 3.63) is 34.5 Å². The standard InChI is InChI=1S/C15H22N2OS/c1-17(2)14(13-7-8-19-11-13)10-16-15(18)9-12-5-3-4-6-12/h3,5,7-8,11-12,14H,4,6,9-10H2,1-2H3,(H,16,18)/t12-,14+/m0/s1. The van der Waals surface area contributed by atoms with E-state index in [0.717, 1.165) is 12.8 Å². The first-order valence-corrected chi connectivity index (χ1v) is 7.73. The zero-order chi connectivity index (χ0) is 13.7. The van der Waals surface area contributed by atoms with Crippen molar-refractivity contribution in [2.75, 3.05) is 20.6 Å². The lowest BCUT2D eigenvalue weighted by Crippen LogP contribution is -2.34. The van der Waals surface area contributed by atoms with Crippen molar-refractivity contribution < 1.29 is 4.79 Å². The molecule has 19 heavy (non-hydrogen) atoms. The van der Waals surface area contributed by atoms with Crippen LogP contribution >= 0.6 is 11.3 Å². The second-order valence-corrected chi connectivity index (χ2v) is 6.09. The van der Waals surface area contributed by atoms with Crippen LogP contribution in [0.2, 0.25) is 0 Å². The van der Waals surface area contributed by atoms with Crippen molar-refractivity contribution in [1.82, 2.24) is 10.2 Å². The first kappa shape index (κ1) is 14.3. The largest absolute Gasteiger partial charge is 0.354 e. The van der Waals surface area contributed by atoms with Crippen molar-refractivity contribution in [3.8, 4) is 0 Å². The Morgan fingerprint density at radius 2 is 2.42 bits per heavy atom. The number of likely N-dealkylation sites (N-methyl/N-ethyl adjacent to an activating group) is 1. The molecule has 1 aromatic rings. The van der Waals surface area contributed by atoms with Crippen LogP contribution in [0.3, 0.4) is 0 Å². The Hall–Kier alpha value is -1.13. The summed E-state index contributed by atoms with van der Waals surface area (Å²) in [5.41, 5.74) is 1.27. The van der Waals surface area contributed by atoms with Crippen LogP contribution in [0.1, 0.15) is 30.9 Å². The maximum atomic E-state index is 11.9. The summed E-state index contributed by atoms with van der Waals surface area (Å²) in [5, 5.41) is 7.30. The number of allylic oxidation sites excluding steroid dienone is 2. The predicted octanol–water partition coefficient (Wildman–Crippen LogP) is 2.82. The van der Waals surface area contributed by atoms with Crippen molar-refractivity contribution in [2.24, 2.45) is 5.92 Å². The van der Waals surface area contributed by atoms with Crippen molar-refractivity contribution in [2.45, 2.75) is 25.3 Å². The van der Waals surface area contributed by atoms with E-state index in [4.69, 9.17) is 0 Å². The summed E-state index contributed by atoms with van der Waals surface area (Å²) in [5.74, 6) is 0.609. The normalized spacial score (nSPS) is 19.8. The fourth-order valence-electron chi connectivity index (χ4n) is 2.45. The molecule has 0 aliphatic heterocycles. The fourth-order valence-corrected chi connectivity index (χ4v) is 3.16. The highest BCUT2D eigenvalue weighted by molar-refractivity contribution is 7.07. The topological polar surface area (TPSA) is 32.3 Å². The highest BCUT2D eigenvalue weighted by Crippen LogP contribution is 2.22. The second kappa shape index (κ2) is 6.87. The van der Waals surface area contributed by atoms with Gasteiger partial charge in [0.15, 0.2) is 0 Å². The van der Waals surface area contributed by atoms with Gasteiger partial charge >= 0.3 is 0 Å². The predicted molar refractivity (Wildman–Crippen MR) is 80.2 cm³/mol. The highest BCUT2D eigenvalue weighted by atomic mass is 32.1. The van der Waals surface area contributed by atoms with Crippen LogP contribution in [0, 0.1) is 5.92 Å². The minimum Gasteiger partial charge on any atom is -0.354 e. The van der Waals surface area contributed by atoms with Gasteiger partial charge < -0.3 is 10.2 Å². The molecule has 1 aliphatic carbocycles. The maximum absolute atomic E-state index is 11.9. The maximum Gasteiger partial charge on any atom is 0.220 e. The molecule has 4 heteroatoms. The van der Waals surface area contributed by atoms with Gasteiger partial charge in [-0.1, -0.05) is 12.2 Å². The van der Waals surface area contributed by atoms with Gasteiger partial charge in [0.25, 0.3) is 0 Å². The molecule has 0 spiro atoms. The molecule has 2 rings (SSSR count). The summed E-state index contributed by atoms with van der Waals surface area (Å²) in [7, 11) is 4.10. The van der Waals surface area contributed by atoms with E-state index in [1.54, 1.807) is 11.3 Å². The molecule has 104 valence electrons. The quantitative estimate of drug-likeness (QED) is 0.812. The third kappa shape index (κ3) is 4.18. The molecule has 1 aliphatic rings. The Kier molecular flexibility index (Phi) is 5.16. The van der Waals surface area contributed by atoms with Crippen molar-refractivity contribution >= 4 is 17.2 Å². The summed E-state index contributed by atoms with van der Waals surface area (Å²) >= 11 is 1.70. The van der Waals surface area contributed by atoms with E-state index in [1.807, 2.05) is 14.1 Å². The third-order valence-electron chi connectivity index (χ3n) is 3.60. The van der Waals surface area contributed by atoms with Crippen LogP contribution in [-0.2, 0) is 4.79 Å². The van der Waals surface area contributed by atoms with Gasteiger partial charge in [-0.05, 0) is 55.2 Å². The van der Waals surface area contributed by atoms with Gasteiger partial charge in [-0.25, -0.2) is 0 Å². The SMILES string of the molecule is CN(C)[C@H](CNC(=O)C[C@H]1C=CCC1)c1ccsc1. The molecule has 0 bridgehead atoms. The van der Waals surface area contributed by atoms with Crippen molar-refractivity contribution in [1.29, 1.82) is 0 Å². The summed E-state index contributed by atoms with van der Waals surface area (Å²) < 4.78 is 0. The fraction of sp³-hybridized carbons (Fsp3) is 0.533.